The number of Topliss-reactive ketones (excluding diaryl/α,β-unsaturated/α-hetero) is 1. The molecule has 3 aliphatic carbocycles. The van der Waals surface area contributed by atoms with Crippen LogP contribution in [0, 0.1) is 18.8 Å². The van der Waals surface area contributed by atoms with Crippen LogP contribution < -0.4 is 0 Å². The number of phenolic OH excluding ortho intramolecular Hbond substituents is 1. The molecule has 0 radical (unpaired) electrons. The number of ketones is 1. The Bertz CT molecular complexity index is 890. The van der Waals surface area contributed by atoms with Crippen molar-refractivity contribution in [1.82, 2.24) is 4.90 Å². The van der Waals surface area contributed by atoms with Gasteiger partial charge in [0.2, 0.25) is 0 Å². The molecule has 1 saturated heterocycles. The fourth-order valence-corrected chi connectivity index (χ4v) is 6.75. The lowest BCUT2D eigenvalue weighted by Crippen LogP contribution is -2.62. The van der Waals surface area contributed by atoms with Crippen LogP contribution in [0.4, 0.5) is 0 Å². The molecule has 0 spiro atoms. The van der Waals surface area contributed by atoms with Crippen LogP contribution in [0.1, 0.15) is 67.2 Å². The molecule has 1 aliphatic heterocycles. The number of methoxy groups -OCH3 is 1. The summed E-state index contributed by atoms with van der Waals surface area (Å²) in [7, 11) is 1.43. The molecule has 1 N–H and O–H groups in total. The van der Waals surface area contributed by atoms with Crippen LogP contribution in [0.5, 0.6) is 5.75 Å². The number of ether oxygens (including phenoxy) is 1. The summed E-state index contributed by atoms with van der Waals surface area (Å²) < 4.78 is 4.87. The number of aromatic hydroxyl groups is 1. The molecule has 5 rings (SSSR count). The molecule has 30 heavy (non-hydrogen) atoms. The van der Waals surface area contributed by atoms with Crippen LogP contribution in [0.25, 0.3) is 0 Å². The van der Waals surface area contributed by atoms with Crippen LogP contribution in [0.2, 0.25) is 0 Å². The minimum absolute atomic E-state index is 0.204. The summed E-state index contributed by atoms with van der Waals surface area (Å²) in [5.41, 5.74) is 4.03. The molecule has 1 aromatic carbocycles. The van der Waals surface area contributed by atoms with Gasteiger partial charge in [-0.3, -0.25) is 14.5 Å². The minimum atomic E-state index is -0.232. The quantitative estimate of drug-likeness (QED) is 0.752. The van der Waals surface area contributed by atoms with Gasteiger partial charge in [-0.1, -0.05) is 6.07 Å². The second-order valence-electron chi connectivity index (χ2n) is 10.1. The van der Waals surface area contributed by atoms with Gasteiger partial charge in [-0.15, -0.1) is 0 Å². The predicted octanol–water partition coefficient (Wildman–Crippen LogP) is 3.45. The number of piperidine rings is 1. The van der Waals surface area contributed by atoms with Crippen molar-refractivity contribution < 1.29 is 19.4 Å². The maximum Gasteiger partial charge on any atom is 0.305 e. The molecule has 5 heteroatoms. The molecule has 3 atom stereocenters. The lowest BCUT2D eigenvalue weighted by atomic mass is 9.51. The van der Waals surface area contributed by atoms with E-state index >= 15 is 0 Å². The lowest BCUT2D eigenvalue weighted by molar-refractivity contribution is -0.140. The first-order chi connectivity index (χ1) is 14.4. The van der Waals surface area contributed by atoms with Gasteiger partial charge in [0.1, 0.15) is 11.5 Å². The first-order valence-electron chi connectivity index (χ1n) is 11.6. The SMILES string of the molecule is COC(=O)CCc1cc(C)c(O)c2c1CC1C3CCC(=O)C[C@@]23CCN1CC1CC1. The topological polar surface area (TPSA) is 66.8 Å². The molecule has 5 nitrogen and oxygen atoms in total. The Labute approximate surface area is 178 Å². The number of hydrogen-bond acceptors (Lipinski definition) is 5. The summed E-state index contributed by atoms with van der Waals surface area (Å²) in [4.78, 5) is 27.2. The molecule has 162 valence electrons. The third-order valence-electron chi connectivity index (χ3n) is 8.35. The van der Waals surface area contributed by atoms with Crippen molar-refractivity contribution in [3.05, 3.63) is 28.3 Å². The van der Waals surface area contributed by atoms with Gasteiger partial charge in [0.15, 0.2) is 0 Å². The molecule has 0 aromatic heterocycles. The fraction of sp³-hybridized carbons (Fsp3) is 0.680. The standard InChI is InChI=1S/C25H33NO4/c1-15-11-17(5-8-22(28)30-2)19-12-21-20-7-6-18(27)13-25(20,23(19)24(15)29)9-10-26(21)14-16-3-4-16/h11,16,20-21,29H,3-10,12-14H2,1-2H3/t20?,21?,25-/m1/s1. The Kier molecular flexibility index (Phi) is 4.92. The second-order valence-corrected chi connectivity index (χ2v) is 10.1. The Balaban J connectivity index is 1.61. The normalized spacial score (nSPS) is 30.5. The van der Waals surface area contributed by atoms with E-state index in [2.05, 4.69) is 11.0 Å². The molecule has 3 fully saturated rings. The highest BCUT2D eigenvalue weighted by Crippen LogP contribution is 2.58. The van der Waals surface area contributed by atoms with Crippen LogP contribution >= 0.6 is 0 Å². The summed E-state index contributed by atoms with van der Waals surface area (Å²) in [5, 5.41) is 11.2. The molecular formula is C25H33NO4. The number of benzene rings is 1. The first-order valence-corrected chi connectivity index (χ1v) is 11.6. The molecule has 1 heterocycles. The Morgan fingerprint density at radius 3 is 2.87 bits per heavy atom. The maximum atomic E-state index is 12.7. The largest absolute Gasteiger partial charge is 0.507 e. The number of esters is 1. The zero-order valence-corrected chi connectivity index (χ0v) is 18.2. The third-order valence-corrected chi connectivity index (χ3v) is 8.35. The van der Waals surface area contributed by atoms with Gasteiger partial charge in [0, 0.05) is 42.8 Å². The zero-order valence-electron chi connectivity index (χ0n) is 18.2. The van der Waals surface area contributed by atoms with Crippen molar-refractivity contribution in [3.63, 3.8) is 0 Å². The van der Waals surface area contributed by atoms with Crippen LogP contribution in [0.15, 0.2) is 6.07 Å². The number of phenols is 1. The summed E-state index contributed by atoms with van der Waals surface area (Å²) in [5.74, 6) is 1.81. The van der Waals surface area contributed by atoms with Gasteiger partial charge >= 0.3 is 5.97 Å². The smallest absolute Gasteiger partial charge is 0.305 e. The molecule has 2 bridgehead atoms. The number of fused-ring (bicyclic) bond motifs is 1. The Morgan fingerprint density at radius 2 is 2.13 bits per heavy atom. The van der Waals surface area contributed by atoms with Gasteiger partial charge in [-0.25, -0.2) is 0 Å². The van der Waals surface area contributed by atoms with E-state index in [0.29, 0.717) is 49.2 Å². The van der Waals surface area contributed by atoms with E-state index in [9.17, 15) is 14.7 Å². The van der Waals surface area contributed by atoms with Crippen LogP contribution in [0.3, 0.4) is 0 Å². The van der Waals surface area contributed by atoms with Crippen molar-refractivity contribution >= 4 is 11.8 Å². The van der Waals surface area contributed by atoms with Crippen molar-refractivity contribution in [2.24, 2.45) is 11.8 Å². The van der Waals surface area contributed by atoms with Gasteiger partial charge in [0.25, 0.3) is 0 Å². The van der Waals surface area contributed by atoms with Crippen LogP contribution in [-0.4, -0.2) is 48.0 Å². The van der Waals surface area contributed by atoms with Crippen molar-refractivity contribution in [2.45, 2.75) is 76.2 Å². The molecular weight excluding hydrogens is 378 g/mol. The zero-order chi connectivity index (χ0) is 21.0. The highest BCUT2D eigenvalue weighted by atomic mass is 16.5. The molecule has 2 unspecified atom stereocenters. The van der Waals surface area contributed by atoms with Crippen molar-refractivity contribution in [2.75, 3.05) is 20.2 Å². The van der Waals surface area contributed by atoms with Gasteiger partial charge in [-0.05, 0) is 80.5 Å². The van der Waals surface area contributed by atoms with E-state index in [1.54, 1.807) is 0 Å². The average molecular weight is 412 g/mol. The molecule has 1 aromatic rings. The van der Waals surface area contributed by atoms with E-state index in [-0.39, 0.29) is 11.4 Å². The van der Waals surface area contributed by atoms with E-state index in [1.807, 2.05) is 6.92 Å². The predicted molar refractivity (Wildman–Crippen MR) is 114 cm³/mol. The van der Waals surface area contributed by atoms with Crippen molar-refractivity contribution in [1.29, 1.82) is 0 Å². The maximum absolute atomic E-state index is 12.7. The molecule has 2 saturated carbocycles. The number of carbonyl (C=O) groups excluding carboxylic acids is 2. The Morgan fingerprint density at radius 1 is 1.33 bits per heavy atom. The number of aryl methyl sites for hydroxylation is 2. The van der Waals surface area contributed by atoms with Crippen molar-refractivity contribution in [3.8, 4) is 5.75 Å². The highest BCUT2D eigenvalue weighted by molar-refractivity contribution is 5.82. The number of likely N-dealkylation sites (tertiary alicyclic amines) is 1. The minimum Gasteiger partial charge on any atom is -0.507 e. The summed E-state index contributed by atoms with van der Waals surface area (Å²) in [6, 6.07) is 2.50. The Hall–Kier alpha value is -1.88. The third kappa shape index (κ3) is 3.17. The van der Waals surface area contributed by atoms with E-state index in [4.69, 9.17) is 4.74 Å². The average Bonchev–Trinajstić information content (AvgIpc) is 3.54. The summed E-state index contributed by atoms with van der Waals surface area (Å²) in [6.45, 7) is 4.15. The van der Waals surface area contributed by atoms with Gasteiger partial charge in [0.05, 0.1) is 7.11 Å². The monoisotopic (exact) mass is 411 g/mol. The van der Waals surface area contributed by atoms with E-state index < -0.39 is 0 Å². The van der Waals surface area contributed by atoms with Gasteiger partial charge in [-0.2, -0.15) is 0 Å². The highest BCUT2D eigenvalue weighted by Gasteiger charge is 2.57. The summed E-state index contributed by atoms with van der Waals surface area (Å²) in [6.07, 6.45) is 7.72. The first kappa shape index (κ1) is 20.0. The number of hydrogen-bond donors (Lipinski definition) is 1. The fourth-order valence-electron chi connectivity index (χ4n) is 6.75. The van der Waals surface area contributed by atoms with Gasteiger partial charge < -0.3 is 9.84 Å². The number of nitrogens with zero attached hydrogens (tertiary/aromatic N) is 1. The summed E-state index contributed by atoms with van der Waals surface area (Å²) >= 11 is 0. The van der Waals surface area contributed by atoms with E-state index in [1.165, 1.54) is 32.1 Å². The lowest BCUT2D eigenvalue weighted by Gasteiger charge is -2.59. The second kappa shape index (κ2) is 7.37. The van der Waals surface area contributed by atoms with E-state index in [0.717, 1.165) is 48.4 Å². The molecule has 0 amide bonds. The number of rotatable bonds is 5. The molecule has 4 aliphatic rings. The number of carbonyl (C=O) groups is 2. The van der Waals surface area contributed by atoms with Crippen LogP contribution in [-0.2, 0) is 32.6 Å².